The van der Waals surface area contributed by atoms with Crippen molar-refractivity contribution in [3.63, 3.8) is 0 Å². The van der Waals surface area contributed by atoms with Gasteiger partial charge in [0.25, 0.3) is 5.91 Å². The van der Waals surface area contributed by atoms with E-state index in [-0.39, 0.29) is 5.91 Å². The van der Waals surface area contributed by atoms with Crippen LogP contribution in [0.2, 0.25) is 5.02 Å². The number of rotatable bonds is 3. The number of hydrogen-bond acceptors (Lipinski definition) is 6. The van der Waals surface area contributed by atoms with Gasteiger partial charge in [0.2, 0.25) is 0 Å². The van der Waals surface area contributed by atoms with Gasteiger partial charge in [-0.25, -0.2) is 4.98 Å². The number of hydrogen-bond donors (Lipinski definition) is 0. The van der Waals surface area contributed by atoms with E-state index in [1.54, 1.807) is 18.3 Å². The fourth-order valence-corrected chi connectivity index (χ4v) is 5.40. The van der Waals surface area contributed by atoms with Crippen LogP contribution in [0.5, 0.6) is 0 Å². The maximum Gasteiger partial charge on any atom is 0.266 e. The van der Waals surface area contributed by atoms with Crippen LogP contribution in [0.4, 0.5) is 5.82 Å². The lowest BCUT2D eigenvalue weighted by atomic mass is 10.1. The number of aliphatic imine (C=N–C) groups is 1. The van der Waals surface area contributed by atoms with E-state index in [9.17, 15) is 9.59 Å². The third kappa shape index (κ3) is 3.68. The van der Waals surface area contributed by atoms with Gasteiger partial charge in [0.1, 0.15) is 11.1 Å². The predicted octanol–water partition coefficient (Wildman–Crippen LogP) is 3.80. The standard InChI is InChI=1S/C19H16BrClN4O2S/c20-15-12(11-26)3-1-4-13(15)16-18(27)23-19(28-16)25-9-7-24(8-10-25)17-14(21)5-2-6-22-17/h1-6,11,16H,7-10H2. The quantitative estimate of drug-likeness (QED) is 0.624. The van der Waals surface area contributed by atoms with Crippen LogP contribution >= 0.6 is 39.3 Å². The number of halogens is 2. The van der Waals surface area contributed by atoms with Gasteiger partial charge < -0.3 is 9.80 Å². The van der Waals surface area contributed by atoms with Crippen LogP contribution in [0.3, 0.4) is 0 Å². The molecule has 1 aromatic heterocycles. The Hall–Kier alpha value is -1.90. The molecule has 2 aliphatic rings. The van der Waals surface area contributed by atoms with E-state index in [0.717, 1.165) is 49.0 Å². The van der Waals surface area contributed by atoms with Crippen LogP contribution in [-0.2, 0) is 4.79 Å². The number of nitrogens with zero attached hydrogens (tertiary/aromatic N) is 4. The first-order valence-electron chi connectivity index (χ1n) is 8.71. The van der Waals surface area contributed by atoms with Gasteiger partial charge >= 0.3 is 0 Å². The first kappa shape index (κ1) is 19.4. The van der Waals surface area contributed by atoms with E-state index in [2.05, 4.69) is 35.7 Å². The lowest BCUT2D eigenvalue weighted by Gasteiger charge is -2.36. The zero-order chi connectivity index (χ0) is 19.7. The highest BCUT2D eigenvalue weighted by atomic mass is 79.9. The average molecular weight is 480 g/mol. The van der Waals surface area contributed by atoms with Gasteiger partial charge in [-0.05, 0) is 33.6 Å². The molecule has 4 rings (SSSR count). The van der Waals surface area contributed by atoms with Gasteiger partial charge in [0, 0.05) is 42.4 Å². The molecule has 0 N–H and O–H groups in total. The number of amides is 1. The molecule has 1 atom stereocenters. The molecule has 0 bridgehead atoms. The summed E-state index contributed by atoms with van der Waals surface area (Å²) in [5.74, 6) is 0.590. The number of anilines is 1. The zero-order valence-corrected chi connectivity index (χ0v) is 17.9. The van der Waals surface area contributed by atoms with Gasteiger partial charge in [-0.1, -0.05) is 41.6 Å². The molecular formula is C19H16BrClN4O2S. The lowest BCUT2D eigenvalue weighted by Crippen LogP contribution is -2.48. The Kier molecular flexibility index (Phi) is 5.70. The van der Waals surface area contributed by atoms with Crippen molar-refractivity contribution in [1.82, 2.24) is 9.88 Å². The Morgan fingerprint density at radius 2 is 1.89 bits per heavy atom. The molecule has 1 saturated heterocycles. The number of benzene rings is 1. The van der Waals surface area contributed by atoms with Gasteiger partial charge in [-0.15, -0.1) is 0 Å². The van der Waals surface area contributed by atoms with Crippen molar-refractivity contribution in [1.29, 1.82) is 0 Å². The van der Waals surface area contributed by atoms with Crippen molar-refractivity contribution in [3.8, 4) is 0 Å². The van der Waals surface area contributed by atoms with Crippen LogP contribution in [0.25, 0.3) is 0 Å². The third-order valence-corrected chi connectivity index (χ3v) is 7.17. The van der Waals surface area contributed by atoms with E-state index in [4.69, 9.17) is 11.6 Å². The summed E-state index contributed by atoms with van der Waals surface area (Å²) in [5.41, 5.74) is 1.30. The number of carbonyl (C=O) groups is 2. The van der Waals surface area contributed by atoms with Crippen molar-refractivity contribution in [3.05, 3.63) is 57.2 Å². The molecule has 144 valence electrons. The second kappa shape index (κ2) is 8.23. The van der Waals surface area contributed by atoms with Crippen molar-refractivity contribution in [2.24, 2.45) is 4.99 Å². The summed E-state index contributed by atoms with van der Waals surface area (Å²) >= 11 is 11.1. The molecular weight excluding hydrogens is 464 g/mol. The van der Waals surface area contributed by atoms with Gasteiger partial charge in [-0.2, -0.15) is 4.99 Å². The minimum atomic E-state index is -0.437. The molecule has 0 saturated carbocycles. The topological polar surface area (TPSA) is 65.9 Å². The monoisotopic (exact) mass is 478 g/mol. The minimum absolute atomic E-state index is 0.195. The summed E-state index contributed by atoms with van der Waals surface area (Å²) < 4.78 is 0.655. The fourth-order valence-electron chi connectivity index (χ4n) is 3.26. The molecule has 1 amide bonds. The molecule has 1 aromatic carbocycles. The Balaban J connectivity index is 1.45. The Morgan fingerprint density at radius 3 is 2.61 bits per heavy atom. The van der Waals surface area contributed by atoms with Gasteiger partial charge in [0.15, 0.2) is 11.5 Å². The van der Waals surface area contributed by atoms with Crippen LogP contribution in [-0.4, -0.2) is 53.4 Å². The van der Waals surface area contributed by atoms with Crippen LogP contribution < -0.4 is 4.90 Å². The summed E-state index contributed by atoms with van der Waals surface area (Å²) in [6, 6.07) is 9.00. The zero-order valence-electron chi connectivity index (χ0n) is 14.7. The lowest BCUT2D eigenvalue weighted by molar-refractivity contribution is -0.117. The molecule has 0 aliphatic carbocycles. The molecule has 6 nitrogen and oxygen atoms in total. The highest BCUT2D eigenvalue weighted by Gasteiger charge is 2.35. The Morgan fingerprint density at radius 1 is 1.14 bits per heavy atom. The van der Waals surface area contributed by atoms with Crippen molar-refractivity contribution in [2.75, 3.05) is 31.1 Å². The van der Waals surface area contributed by atoms with Crippen LogP contribution in [0.1, 0.15) is 21.2 Å². The molecule has 0 radical (unpaired) electrons. The number of thioether (sulfide) groups is 1. The second-order valence-corrected chi connectivity index (χ2v) is 8.65. The summed E-state index contributed by atoms with van der Waals surface area (Å²) in [5, 5.41) is 0.927. The first-order chi connectivity index (χ1) is 13.6. The number of aromatic nitrogens is 1. The maximum absolute atomic E-state index is 12.5. The van der Waals surface area contributed by atoms with E-state index in [1.807, 2.05) is 18.2 Å². The van der Waals surface area contributed by atoms with Gasteiger partial charge in [-0.3, -0.25) is 9.59 Å². The van der Waals surface area contributed by atoms with E-state index < -0.39 is 5.25 Å². The molecule has 0 spiro atoms. The number of aldehydes is 1. The van der Waals surface area contributed by atoms with E-state index in [0.29, 0.717) is 15.1 Å². The predicted molar refractivity (Wildman–Crippen MR) is 115 cm³/mol. The minimum Gasteiger partial charge on any atom is -0.352 e. The number of carbonyl (C=O) groups excluding carboxylic acids is 2. The van der Waals surface area contributed by atoms with E-state index >= 15 is 0 Å². The van der Waals surface area contributed by atoms with Gasteiger partial charge in [0.05, 0.1) is 5.02 Å². The molecule has 2 aliphatic heterocycles. The Labute approximate surface area is 180 Å². The number of piperazine rings is 1. The van der Waals surface area contributed by atoms with Crippen molar-refractivity contribution >= 4 is 62.5 Å². The summed E-state index contributed by atoms with van der Waals surface area (Å²) in [6.07, 6.45) is 2.51. The highest BCUT2D eigenvalue weighted by Crippen LogP contribution is 2.41. The van der Waals surface area contributed by atoms with Crippen LogP contribution in [0, 0.1) is 0 Å². The molecule has 9 heteroatoms. The van der Waals surface area contributed by atoms with Crippen molar-refractivity contribution in [2.45, 2.75) is 5.25 Å². The maximum atomic E-state index is 12.5. The smallest absolute Gasteiger partial charge is 0.266 e. The third-order valence-electron chi connectivity index (χ3n) is 4.71. The molecule has 2 aromatic rings. The molecule has 28 heavy (non-hydrogen) atoms. The van der Waals surface area contributed by atoms with Crippen LogP contribution in [0.15, 0.2) is 46.0 Å². The van der Waals surface area contributed by atoms with Crippen molar-refractivity contribution < 1.29 is 9.59 Å². The summed E-state index contributed by atoms with van der Waals surface area (Å²) in [7, 11) is 0. The Bertz CT molecular complexity index is 963. The largest absolute Gasteiger partial charge is 0.352 e. The van der Waals surface area contributed by atoms with E-state index in [1.165, 1.54) is 11.8 Å². The number of pyridine rings is 1. The highest BCUT2D eigenvalue weighted by molar-refractivity contribution is 9.10. The SMILES string of the molecule is O=Cc1cccc(C2SC(N3CCN(c4ncccc4Cl)CC3)=NC2=O)c1Br. The normalized spacial score (nSPS) is 19.7. The number of amidine groups is 1. The fraction of sp³-hybridized carbons (Fsp3) is 0.263. The molecule has 3 heterocycles. The summed E-state index contributed by atoms with van der Waals surface area (Å²) in [6.45, 7) is 2.96. The molecule has 1 unspecified atom stereocenters. The average Bonchev–Trinajstić information content (AvgIpc) is 3.10. The summed E-state index contributed by atoms with van der Waals surface area (Å²) in [4.78, 5) is 36.6. The molecule has 1 fully saturated rings. The second-order valence-electron chi connectivity index (χ2n) is 6.38. The first-order valence-corrected chi connectivity index (χ1v) is 10.8.